The van der Waals surface area contributed by atoms with Gasteiger partial charge in [-0.05, 0) is 137 Å². The molecule has 7 nitrogen and oxygen atoms in total. The highest BCUT2D eigenvalue weighted by Crippen LogP contribution is 2.47. The van der Waals surface area contributed by atoms with Crippen molar-refractivity contribution in [1.82, 2.24) is 4.57 Å². The summed E-state index contributed by atoms with van der Waals surface area (Å²) in [5, 5.41) is 28.9. The van der Waals surface area contributed by atoms with Crippen LogP contribution < -0.4 is 14.7 Å². The van der Waals surface area contributed by atoms with E-state index in [9.17, 15) is 10.5 Å². The van der Waals surface area contributed by atoms with E-state index in [-0.39, 0.29) is 0 Å². The summed E-state index contributed by atoms with van der Waals surface area (Å²) in [5.41, 5.74) is 13.0. The maximum atomic E-state index is 10.2. The van der Waals surface area contributed by atoms with Crippen molar-refractivity contribution in [2.75, 3.05) is 14.7 Å². The van der Waals surface area contributed by atoms with Crippen molar-refractivity contribution < 1.29 is 0 Å². The molecule has 12 aromatic carbocycles. The molecule has 7 heteroatoms. The minimum Gasteiger partial charge on any atom is -0.311 e. The van der Waals surface area contributed by atoms with E-state index >= 15 is 0 Å². The smallest absolute Gasteiger partial charge is 0.189 e. The second-order valence-corrected chi connectivity index (χ2v) is 18.7. The van der Waals surface area contributed by atoms with Gasteiger partial charge in [0.2, 0.25) is 0 Å². The first-order valence-corrected chi connectivity index (χ1v) is 25.1. The number of rotatable bonds is 10. The van der Waals surface area contributed by atoms with Gasteiger partial charge in [-0.2, -0.15) is 10.5 Å². The van der Waals surface area contributed by atoms with E-state index in [4.69, 9.17) is 6.57 Å². The van der Waals surface area contributed by atoms with E-state index in [0.717, 1.165) is 111 Å². The molecule has 354 valence electrons. The fraction of sp³-hybridized carbons (Fsp3) is 0. The van der Waals surface area contributed by atoms with Crippen molar-refractivity contribution in [2.24, 2.45) is 0 Å². The van der Waals surface area contributed by atoms with Crippen molar-refractivity contribution in [1.29, 1.82) is 10.5 Å². The summed E-state index contributed by atoms with van der Waals surface area (Å²) in [4.78, 5) is 10.6. The van der Waals surface area contributed by atoms with Crippen LogP contribution in [0.1, 0.15) is 11.1 Å². The van der Waals surface area contributed by atoms with Gasteiger partial charge in [0.05, 0.1) is 57.9 Å². The first-order valence-electron chi connectivity index (χ1n) is 25.1. The summed E-state index contributed by atoms with van der Waals surface area (Å²) < 4.78 is 2.34. The summed E-state index contributed by atoms with van der Waals surface area (Å²) in [7, 11) is 0. The largest absolute Gasteiger partial charge is 0.311 e. The molecule has 0 N–H and O–H groups in total. The Morgan fingerprint density at radius 2 is 0.697 bits per heavy atom. The van der Waals surface area contributed by atoms with Crippen LogP contribution in [0.25, 0.3) is 64.7 Å². The number of benzene rings is 12. The molecule has 0 unspecified atom stereocenters. The van der Waals surface area contributed by atoms with Crippen LogP contribution in [-0.4, -0.2) is 4.57 Å². The molecule has 0 amide bonds. The molecule has 0 aliphatic rings. The van der Waals surface area contributed by atoms with Crippen LogP contribution in [0.5, 0.6) is 0 Å². The monoisotopic (exact) mass is 969 g/mol. The molecule has 76 heavy (non-hydrogen) atoms. The molecule has 13 aromatic rings. The minimum absolute atomic E-state index is 0.552. The zero-order valence-corrected chi connectivity index (χ0v) is 41.0. The predicted octanol–water partition coefficient (Wildman–Crippen LogP) is 18.9. The van der Waals surface area contributed by atoms with Crippen LogP contribution in [0.2, 0.25) is 0 Å². The lowest BCUT2D eigenvalue weighted by molar-refractivity contribution is 1.17. The van der Waals surface area contributed by atoms with Crippen molar-refractivity contribution in [2.45, 2.75) is 0 Å². The Morgan fingerprint density at radius 1 is 0.329 bits per heavy atom. The van der Waals surface area contributed by atoms with Crippen LogP contribution in [0.15, 0.2) is 261 Å². The maximum Gasteiger partial charge on any atom is 0.189 e. The standard InChI is InChI=1S/C69H43N7/c1-72-52-23-13-26-55(41-52)75(67-34-12-22-51-19-4-7-31-62(51)67)59-36-38-69-64(44-59)63-43-58(74(54-25-9-16-48(40-54)46-71)66-33-11-21-50-18-3-6-30-61(50)66)35-37-68(63)76(69)57-28-14-27-56(42-57)73(53-24-8-15-47(39-53)45-70)65-32-10-20-49-17-2-5-29-60(49)65/h2-44H. The number of fused-ring (bicyclic) bond motifs is 6. The lowest BCUT2D eigenvalue weighted by Crippen LogP contribution is -2.11. The van der Waals surface area contributed by atoms with E-state index in [1.54, 1.807) is 0 Å². The molecule has 0 radical (unpaired) electrons. The van der Waals surface area contributed by atoms with Gasteiger partial charge in [0.15, 0.2) is 5.69 Å². The quantitative estimate of drug-likeness (QED) is 0.128. The molecule has 0 fully saturated rings. The Balaban J connectivity index is 1.08. The molecular formula is C69H43N7. The maximum absolute atomic E-state index is 10.2. The molecule has 0 saturated carbocycles. The highest BCUT2D eigenvalue weighted by molar-refractivity contribution is 6.13. The van der Waals surface area contributed by atoms with Crippen LogP contribution >= 0.6 is 0 Å². The number of nitriles is 2. The molecule has 0 aliphatic heterocycles. The Bertz CT molecular complexity index is 4350. The first-order chi connectivity index (χ1) is 37.5. The second-order valence-electron chi connectivity index (χ2n) is 18.7. The average molecular weight is 970 g/mol. The number of aromatic nitrogens is 1. The van der Waals surface area contributed by atoms with Gasteiger partial charge in [0, 0.05) is 66.7 Å². The first kappa shape index (κ1) is 45.0. The highest BCUT2D eigenvalue weighted by Gasteiger charge is 2.24. The number of nitrogens with zero attached hydrogens (tertiary/aromatic N) is 7. The molecular weight excluding hydrogens is 927 g/mol. The van der Waals surface area contributed by atoms with Crippen molar-refractivity contribution in [3.05, 3.63) is 283 Å². The highest BCUT2D eigenvalue weighted by atomic mass is 15.2. The van der Waals surface area contributed by atoms with Gasteiger partial charge in [-0.25, -0.2) is 4.85 Å². The van der Waals surface area contributed by atoms with E-state index in [0.29, 0.717) is 16.8 Å². The number of anilines is 9. The normalized spacial score (nSPS) is 11.1. The Morgan fingerprint density at radius 3 is 1.14 bits per heavy atom. The molecule has 0 aliphatic carbocycles. The molecule has 1 heterocycles. The third-order valence-electron chi connectivity index (χ3n) is 14.3. The summed E-state index contributed by atoms with van der Waals surface area (Å²) in [6.45, 7) is 8.01. The van der Waals surface area contributed by atoms with Crippen LogP contribution in [0.4, 0.5) is 56.9 Å². The van der Waals surface area contributed by atoms with Crippen molar-refractivity contribution in [3.63, 3.8) is 0 Å². The molecule has 1 aromatic heterocycles. The molecule has 0 bridgehead atoms. The zero-order chi connectivity index (χ0) is 51.1. The Labute approximate surface area is 439 Å². The molecule has 0 atom stereocenters. The van der Waals surface area contributed by atoms with Gasteiger partial charge in [0.25, 0.3) is 0 Å². The number of hydrogen-bond acceptors (Lipinski definition) is 5. The van der Waals surface area contributed by atoms with E-state index in [2.05, 4.69) is 243 Å². The Hall–Kier alpha value is -10.9. The van der Waals surface area contributed by atoms with Gasteiger partial charge >= 0.3 is 0 Å². The van der Waals surface area contributed by atoms with Gasteiger partial charge in [-0.15, -0.1) is 0 Å². The lowest BCUT2D eigenvalue weighted by Gasteiger charge is -2.28. The summed E-state index contributed by atoms with van der Waals surface area (Å²) >= 11 is 0. The van der Waals surface area contributed by atoms with E-state index < -0.39 is 0 Å². The van der Waals surface area contributed by atoms with Crippen molar-refractivity contribution >= 4 is 111 Å². The lowest BCUT2D eigenvalue weighted by atomic mass is 10.0. The molecule has 0 spiro atoms. The van der Waals surface area contributed by atoms with Gasteiger partial charge in [-0.1, -0.05) is 140 Å². The van der Waals surface area contributed by atoms with E-state index in [1.165, 1.54) is 0 Å². The van der Waals surface area contributed by atoms with Gasteiger partial charge < -0.3 is 19.3 Å². The average Bonchev–Trinajstić information content (AvgIpc) is 3.88. The third kappa shape index (κ3) is 7.84. The topological polar surface area (TPSA) is 66.6 Å². The molecule has 0 saturated heterocycles. The molecule has 13 rings (SSSR count). The predicted molar refractivity (Wildman–Crippen MR) is 313 cm³/mol. The fourth-order valence-electron chi connectivity index (χ4n) is 10.9. The zero-order valence-electron chi connectivity index (χ0n) is 41.0. The third-order valence-corrected chi connectivity index (χ3v) is 14.3. The number of hydrogen-bond donors (Lipinski definition) is 0. The van der Waals surface area contributed by atoms with Crippen molar-refractivity contribution in [3.8, 4) is 17.8 Å². The summed E-state index contributed by atoms with van der Waals surface area (Å²) in [6.07, 6.45) is 0. The van der Waals surface area contributed by atoms with Gasteiger partial charge in [0.1, 0.15) is 0 Å². The SMILES string of the molecule is [C-]#[N+]c1cccc(N(c2ccc3c(c2)c2cc(N(c4cccc(C#N)c4)c4cccc5ccccc45)ccc2n3-c2cccc(N(c3cccc(C#N)c3)c3cccc4ccccc34)c2)c2cccc3ccccc23)c1. The summed E-state index contributed by atoms with van der Waals surface area (Å²) in [5.74, 6) is 0. The van der Waals surface area contributed by atoms with E-state index in [1.807, 2.05) is 54.6 Å². The minimum atomic E-state index is 0.552. The second kappa shape index (κ2) is 18.9. The van der Waals surface area contributed by atoms with Crippen LogP contribution in [0, 0.1) is 29.2 Å². The Kier molecular flexibility index (Phi) is 11.2. The van der Waals surface area contributed by atoms with Crippen LogP contribution in [0.3, 0.4) is 0 Å². The fourth-order valence-corrected chi connectivity index (χ4v) is 10.9. The summed E-state index contributed by atoms with van der Waals surface area (Å²) in [6, 6.07) is 94.4. The van der Waals surface area contributed by atoms with Crippen LogP contribution in [-0.2, 0) is 0 Å². The van der Waals surface area contributed by atoms with Gasteiger partial charge in [-0.3, -0.25) is 0 Å².